The van der Waals surface area contributed by atoms with Crippen molar-refractivity contribution in [1.29, 1.82) is 0 Å². The maximum Gasteiger partial charge on any atom is 0.123 e. The predicted octanol–water partition coefficient (Wildman–Crippen LogP) is 3.53. The van der Waals surface area contributed by atoms with Crippen LogP contribution in [0.3, 0.4) is 0 Å². The summed E-state index contributed by atoms with van der Waals surface area (Å²) in [5.41, 5.74) is 1.09. The number of para-hydroxylation sites is 1. The van der Waals surface area contributed by atoms with Gasteiger partial charge in [0, 0.05) is 0 Å². The van der Waals surface area contributed by atoms with Crippen molar-refractivity contribution in [3.05, 3.63) is 66.0 Å². The second-order valence-electron chi connectivity index (χ2n) is 3.13. The maximum absolute atomic E-state index is 12.1. The Morgan fingerprint density at radius 1 is 0.867 bits per heavy atom. The van der Waals surface area contributed by atoms with E-state index < -0.39 is 0 Å². The number of benzene rings is 2. The Morgan fingerprint density at radius 3 is 1.73 bits per heavy atom. The fourth-order valence-corrected chi connectivity index (χ4v) is 0.961. The highest BCUT2D eigenvalue weighted by atomic mass is 19.1. The highest BCUT2D eigenvalue weighted by molar-refractivity contribution is 5.18. The zero-order chi connectivity index (χ0) is 11.1. The summed E-state index contributed by atoms with van der Waals surface area (Å²) < 4.78 is 12.1. The van der Waals surface area contributed by atoms with E-state index in [0.29, 0.717) is 5.75 Å². The second kappa shape index (κ2) is 5.81. The molecule has 0 heterocycles. The van der Waals surface area contributed by atoms with Crippen molar-refractivity contribution < 1.29 is 9.50 Å². The molecule has 0 fully saturated rings. The molecular formula is C13H13FO. The first-order chi connectivity index (χ1) is 7.18. The van der Waals surface area contributed by atoms with Gasteiger partial charge in [0.15, 0.2) is 0 Å². The number of phenolic OH excluding ortho intramolecular Hbond substituents is 1. The molecule has 0 unspecified atom stereocenters. The van der Waals surface area contributed by atoms with Crippen LogP contribution in [0.25, 0.3) is 0 Å². The SMILES string of the molecule is Cc1ccc(F)cc1.Oc1ccccc1. The van der Waals surface area contributed by atoms with E-state index >= 15 is 0 Å². The first-order valence-corrected chi connectivity index (χ1v) is 4.64. The van der Waals surface area contributed by atoms with Gasteiger partial charge in [-0.05, 0) is 31.2 Å². The number of rotatable bonds is 0. The molecule has 0 aliphatic heterocycles. The highest BCUT2D eigenvalue weighted by Crippen LogP contribution is 2.02. The topological polar surface area (TPSA) is 20.2 Å². The predicted molar refractivity (Wildman–Crippen MR) is 59.2 cm³/mol. The Hall–Kier alpha value is -1.83. The third-order valence-electron chi connectivity index (χ3n) is 1.77. The first kappa shape index (κ1) is 11.2. The van der Waals surface area contributed by atoms with Gasteiger partial charge in [-0.1, -0.05) is 35.9 Å². The molecule has 0 saturated heterocycles. The van der Waals surface area contributed by atoms with E-state index in [1.807, 2.05) is 13.0 Å². The maximum atomic E-state index is 12.1. The van der Waals surface area contributed by atoms with Crippen LogP contribution >= 0.6 is 0 Å². The summed E-state index contributed by atoms with van der Waals surface area (Å²) in [6, 6.07) is 15.1. The molecule has 0 amide bonds. The minimum Gasteiger partial charge on any atom is -0.508 e. The Morgan fingerprint density at radius 2 is 1.40 bits per heavy atom. The van der Waals surface area contributed by atoms with Gasteiger partial charge in [-0.15, -0.1) is 0 Å². The van der Waals surface area contributed by atoms with E-state index in [2.05, 4.69) is 0 Å². The number of phenols is 1. The zero-order valence-corrected chi connectivity index (χ0v) is 8.52. The Kier molecular flexibility index (Phi) is 4.35. The zero-order valence-electron chi connectivity index (χ0n) is 8.52. The summed E-state index contributed by atoms with van der Waals surface area (Å²) in [4.78, 5) is 0. The van der Waals surface area contributed by atoms with Crippen molar-refractivity contribution in [2.24, 2.45) is 0 Å². The van der Waals surface area contributed by atoms with Gasteiger partial charge >= 0.3 is 0 Å². The summed E-state index contributed by atoms with van der Waals surface area (Å²) in [5.74, 6) is 0.151. The fourth-order valence-electron chi connectivity index (χ4n) is 0.961. The number of hydrogen-bond donors (Lipinski definition) is 1. The third kappa shape index (κ3) is 4.81. The number of halogens is 1. The summed E-state index contributed by atoms with van der Waals surface area (Å²) in [6.07, 6.45) is 0. The second-order valence-corrected chi connectivity index (χ2v) is 3.13. The van der Waals surface area contributed by atoms with Gasteiger partial charge in [-0.2, -0.15) is 0 Å². The van der Waals surface area contributed by atoms with E-state index in [0.717, 1.165) is 5.56 Å². The lowest BCUT2D eigenvalue weighted by atomic mass is 10.2. The van der Waals surface area contributed by atoms with E-state index in [-0.39, 0.29) is 5.82 Å². The molecule has 0 radical (unpaired) electrons. The molecule has 1 N–H and O–H groups in total. The van der Waals surface area contributed by atoms with Crippen LogP contribution in [0.2, 0.25) is 0 Å². The average molecular weight is 204 g/mol. The molecule has 2 rings (SSSR count). The summed E-state index contributed by atoms with van der Waals surface area (Å²) in [6.45, 7) is 1.93. The smallest absolute Gasteiger partial charge is 0.123 e. The van der Waals surface area contributed by atoms with Crippen molar-refractivity contribution in [2.75, 3.05) is 0 Å². The molecular weight excluding hydrogens is 191 g/mol. The molecule has 2 aromatic carbocycles. The van der Waals surface area contributed by atoms with Crippen LogP contribution in [-0.2, 0) is 0 Å². The van der Waals surface area contributed by atoms with Crippen molar-refractivity contribution >= 4 is 0 Å². The molecule has 78 valence electrons. The summed E-state index contributed by atoms with van der Waals surface area (Å²) in [7, 11) is 0. The van der Waals surface area contributed by atoms with Crippen molar-refractivity contribution in [2.45, 2.75) is 6.92 Å². The normalized spacial score (nSPS) is 8.93. The molecule has 0 spiro atoms. The average Bonchev–Trinajstić information content (AvgIpc) is 2.25. The van der Waals surface area contributed by atoms with Crippen LogP contribution in [-0.4, -0.2) is 5.11 Å². The van der Waals surface area contributed by atoms with Crippen molar-refractivity contribution in [3.8, 4) is 5.75 Å². The lowest BCUT2D eigenvalue weighted by Gasteiger charge is -1.87. The standard InChI is InChI=1S/C7H7F.C6H6O/c1-6-2-4-7(8)5-3-6;7-6-4-2-1-3-5-6/h2-5H,1H3;1-5,7H. The number of aromatic hydroxyl groups is 1. The molecule has 1 nitrogen and oxygen atoms in total. The van der Waals surface area contributed by atoms with Gasteiger partial charge < -0.3 is 5.11 Å². The number of aryl methyl sites for hydroxylation is 1. The largest absolute Gasteiger partial charge is 0.508 e. The molecule has 0 aliphatic rings. The molecule has 0 atom stereocenters. The lowest BCUT2D eigenvalue weighted by molar-refractivity contribution is 0.475. The molecule has 15 heavy (non-hydrogen) atoms. The molecule has 0 bridgehead atoms. The van der Waals surface area contributed by atoms with Gasteiger partial charge in [-0.3, -0.25) is 0 Å². The minimum absolute atomic E-state index is 0.171. The van der Waals surface area contributed by atoms with Crippen LogP contribution in [0, 0.1) is 12.7 Å². The van der Waals surface area contributed by atoms with E-state index in [9.17, 15) is 4.39 Å². The Balaban J connectivity index is 0.000000151. The first-order valence-electron chi connectivity index (χ1n) is 4.64. The third-order valence-corrected chi connectivity index (χ3v) is 1.77. The van der Waals surface area contributed by atoms with E-state index in [4.69, 9.17) is 5.11 Å². The van der Waals surface area contributed by atoms with Gasteiger partial charge in [0.25, 0.3) is 0 Å². The van der Waals surface area contributed by atoms with Crippen molar-refractivity contribution in [3.63, 3.8) is 0 Å². The van der Waals surface area contributed by atoms with Crippen molar-refractivity contribution in [1.82, 2.24) is 0 Å². The molecule has 0 aromatic heterocycles. The van der Waals surface area contributed by atoms with Crippen LogP contribution in [0.5, 0.6) is 5.75 Å². The van der Waals surface area contributed by atoms with Crippen LogP contribution in [0.15, 0.2) is 54.6 Å². The van der Waals surface area contributed by atoms with E-state index in [1.165, 1.54) is 12.1 Å². The molecule has 2 heteroatoms. The van der Waals surface area contributed by atoms with E-state index in [1.54, 1.807) is 36.4 Å². The van der Waals surface area contributed by atoms with Gasteiger partial charge in [0.1, 0.15) is 11.6 Å². The van der Waals surface area contributed by atoms with Crippen LogP contribution in [0.4, 0.5) is 4.39 Å². The monoisotopic (exact) mass is 204 g/mol. The molecule has 0 saturated carbocycles. The highest BCUT2D eigenvalue weighted by Gasteiger charge is 1.83. The van der Waals surface area contributed by atoms with Gasteiger partial charge in [0.05, 0.1) is 0 Å². The molecule has 2 aromatic rings. The Bertz CT molecular complexity index is 360. The summed E-state index contributed by atoms with van der Waals surface area (Å²) in [5, 5.41) is 8.63. The summed E-state index contributed by atoms with van der Waals surface area (Å²) >= 11 is 0. The van der Waals surface area contributed by atoms with Gasteiger partial charge in [0.2, 0.25) is 0 Å². The lowest BCUT2D eigenvalue weighted by Crippen LogP contribution is -1.71. The minimum atomic E-state index is -0.171. The fraction of sp³-hybridized carbons (Fsp3) is 0.0769. The van der Waals surface area contributed by atoms with Gasteiger partial charge in [-0.25, -0.2) is 4.39 Å². The van der Waals surface area contributed by atoms with Crippen LogP contribution < -0.4 is 0 Å². The Labute approximate surface area is 88.8 Å². The van der Waals surface area contributed by atoms with Crippen LogP contribution in [0.1, 0.15) is 5.56 Å². The molecule has 0 aliphatic carbocycles. The number of hydrogen-bond acceptors (Lipinski definition) is 1. The quantitative estimate of drug-likeness (QED) is 0.696.